The third-order valence-corrected chi connectivity index (χ3v) is 8.08. The van der Waals surface area contributed by atoms with Gasteiger partial charge in [0, 0.05) is 37.4 Å². The van der Waals surface area contributed by atoms with Crippen LogP contribution >= 0.6 is 0 Å². The number of ketones is 1. The standard InChI is InChI=1S/C35H30FN3O5/c36-28-12-16-29(17-13-28)37-18-20-38(21-19-37)31-22-33(41)39(34(31)42)30-14-10-27(11-15-30)35(43)44-23-32(40)26-8-6-25(7-9-26)24-4-2-1-3-5-24/h1-17,31H,18-23H2. The van der Waals surface area contributed by atoms with Crippen LogP contribution in [0.25, 0.3) is 11.1 Å². The molecule has 8 nitrogen and oxygen atoms in total. The zero-order valence-corrected chi connectivity index (χ0v) is 23.9. The Labute approximate surface area is 254 Å². The Morgan fingerprint density at radius 2 is 1.30 bits per heavy atom. The lowest BCUT2D eigenvalue weighted by Crippen LogP contribution is -2.52. The second kappa shape index (κ2) is 12.6. The van der Waals surface area contributed by atoms with E-state index in [1.54, 1.807) is 24.3 Å². The summed E-state index contributed by atoms with van der Waals surface area (Å²) in [6.07, 6.45) is 0.0770. The molecule has 0 bridgehead atoms. The molecule has 2 aliphatic heterocycles. The number of benzene rings is 4. The van der Waals surface area contributed by atoms with Crippen molar-refractivity contribution in [1.29, 1.82) is 0 Å². The van der Waals surface area contributed by atoms with Gasteiger partial charge in [0.05, 0.1) is 23.7 Å². The van der Waals surface area contributed by atoms with E-state index in [0.29, 0.717) is 37.4 Å². The number of carbonyl (C=O) groups excluding carboxylic acids is 4. The van der Waals surface area contributed by atoms with Crippen molar-refractivity contribution in [2.24, 2.45) is 0 Å². The second-order valence-electron chi connectivity index (χ2n) is 10.8. The summed E-state index contributed by atoms with van der Waals surface area (Å²) in [6, 6.07) is 28.7. The lowest BCUT2D eigenvalue weighted by Gasteiger charge is -2.38. The molecule has 1 unspecified atom stereocenters. The minimum Gasteiger partial charge on any atom is -0.454 e. The Kier molecular flexibility index (Phi) is 8.29. The average molecular weight is 592 g/mol. The number of halogens is 1. The predicted octanol–water partition coefficient (Wildman–Crippen LogP) is 4.99. The highest BCUT2D eigenvalue weighted by atomic mass is 19.1. The van der Waals surface area contributed by atoms with Crippen molar-refractivity contribution >= 4 is 34.9 Å². The molecule has 2 fully saturated rings. The van der Waals surface area contributed by atoms with Crippen LogP contribution in [-0.2, 0) is 14.3 Å². The van der Waals surface area contributed by atoms with Gasteiger partial charge in [-0.05, 0) is 59.7 Å². The number of anilines is 2. The normalized spacial score (nSPS) is 17.2. The topological polar surface area (TPSA) is 87.2 Å². The largest absolute Gasteiger partial charge is 0.454 e. The number of nitrogens with zero attached hydrogens (tertiary/aromatic N) is 3. The predicted molar refractivity (Wildman–Crippen MR) is 164 cm³/mol. The molecule has 9 heteroatoms. The number of esters is 1. The molecule has 0 radical (unpaired) electrons. The van der Waals surface area contributed by atoms with Gasteiger partial charge in [-0.3, -0.25) is 19.3 Å². The maximum Gasteiger partial charge on any atom is 0.338 e. The van der Waals surface area contributed by atoms with E-state index in [-0.39, 0.29) is 35.4 Å². The van der Waals surface area contributed by atoms with Crippen LogP contribution in [0.15, 0.2) is 103 Å². The van der Waals surface area contributed by atoms with Crippen LogP contribution in [-0.4, -0.2) is 67.3 Å². The van der Waals surface area contributed by atoms with Gasteiger partial charge in [-0.2, -0.15) is 0 Å². The Balaban J connectivity index is 1.02. The maximum atomic E-state index is 13.3. The Hall–Kier alpha value is -5.15. The van der Waals surface area contributed by atoms with Crippen molar-refractivity contribution in [2.45, 2.75) is 12.5 Å². The fourth-order valence-corrected chi connectivity index (χ4v) is 5.64. The van der Waals surface area contributed by atoms with Crippen LogP contribution in [0.4, 0.5) is 15.8 Å². The van der Waals surface area contributed by atoms with Gasteiger partial charge in [-0.1, -0.05) is 54.6 Å². The third-order valence-electron chi connectivity index (χ3n) is 8.08. The summed E-state index contributed by atoms with van der Waals surface area (Å²) in [7, 11) is 0. The van der Waals surface area contributed by atoms with E-state index in [1.807, 2.05) is 47.4 Å². The summed E-state index contributed by atoms with van der Waals surface area (Å²) in [6.45, 7) is 2.08. The summed E-state index contributed by atoms with van der Waals surface area (Å²) >= 11 is 0. The van der Waals surface area contributed by atoms with Gasteiger partial charge < -0.3 is 9.64 Å². The summed E-state index contributed by atoms with van der Waals surface area (Å²) in [5.41, 5.74) is 3.94. The van der Waals surface area contributed by atoms with Crippen LogP contribution in [0.3, 0.4) is 0 Å². The Bertz CT molecular complexity index is 1670. The molecule has 1 atom stereocenters. The lowest BCUT2D eigenvalue weighted by atomic mass is 10.0. The minimum atomic E-state index is -0.679. The van der Waals surface area contributed by atoms with E-state index in [0.717, 1.165) is 21.7 Å². The molecule has 4 aromatic rings. The van der Waals surface area contributed by atoms with Crippen molar-refractivity contribution < 1.29 is 28.3 Å². The lowest BCUT2D eigenvalue weighted by molar-refractivity contribution is -0.123. The van der Waals surface area contributed by atoms with Crippen molar-refractivity contribution in [2.75, 3.05) is 42.6 Å². The third kappa shape index (κ3) is 6.14. The molecular formula is C35H30FN3O5. The van der Waals surface area contributed by atoms with Gasteiger partial charge in [-0.15, -0.1) is 0 Å². The first-order valence-electron chi connectivity index (χ1n) is 14.4. The number of rotatable bonds is 8. The van der Waals surface area contributed by atoms with E-state index >= 15 is 0 Å². The number of hydrogen-bond acceptors (Lipinski definition) is 7. The zero-order valence-electron chi connectivity index (χ0n) is 23.9. The first kappa shape index (κ1) is 28.9. The minimum absolute atomic E-state index is 0.0770. The molecule has 0 spiro atoms. The van der Waals surface area contributed by atoms with Crippen molar-refractivity contribution in [1.82, 2.24) is 4.90 Å². The quantitative estimate of drug-likeness (QED) is 0.162. The van der Waals surface area contributed by atoms with Crippen LogP contribution in [0.1, 0.15) is 27.1 Å². The van der Waals surface area contributed by atoms with E-state index in [2.05, 4.69) is 4.90 Å². The molecule has 0 aliphatic carbocycles. The summed E-state index contributed by atoms with van der Waals surface area (Å²) in [5.74, 6) is -1.90. The molecule has 44 heavy (non-hydrogen) atoms. The number of piperazine rings is 1. The fraction of sp³-hybridized carbons (Fsp3) is 0.200. The summed E-state index contributed by atoms with van der Waals surface area (Å²) in [4.78, 5) is 56.8. The molecule has 2 saturated heterocycles. The Morgan fingerprint density at radius 1 is 0.705 bits per heavy atom. The van der Waals surface area contributed by atoms with Gasteiger partial charge in [0.2, 0.25) is 5.91 Å². The van der Waals surface area contributed by atoms with E-state index < -0.39 is 18.6 Å². The monoisotopic (exact) mass is 591 g/mol. The molecule has 0 N–H and O–H groups in total. The zero-order chi connectivity index (χ0) is 30.6. The molecule has 2 heterocycles. The van der Waals surface area contributed by atoms with Gasteiger partial charge >= 0.3 is 5.97 Å². The second-order valence-corrected chi connectivity index (χ2v) is 10.8. The van der Waals surface area contributed by atoms with Gasteiger partial charge in [0.25, 0.3) is 5.91 Å². The molecule has 6 rings (SSSR count). The van der Waals surface area contributed by atoms with E-state index in [9.17, 15) is 23.6 Å². The molecular weight excluding hydrogens is 561 g/mol. The molecule has 2 amide bonds. The summed E-state index contributed by atoms with van der Waals surface area (Å²) in [5, 5.41) is 0. The maximum absolute atomic E-state index is 13.3. The molecule has 0 aromatic heterocycles. The van der Waals surface area contributed by atoms with Gasteiger partial charge in [-0.25, -0.2) is 14.1 Å². The van der Waals surface area contributed by atoms with Crippen molar-refractivity contribution in [3.05, 3.63) is 120 Å². The molecule has 2 aliphatic rings. The highest BCUT2D eigenvalue weighted by Crippen LogP contribution is 2.28. The van der Waals surface area contributed by atoms with E-state index in [1.165, 1.54) is 36.4 Å². The average Bonchev–Trinajstić information content (AvgIpc) is 3.37. The highest BCUT2D eigenvalue weighted by molar-refractivity contribution is 6.22. The number of amides is 2. The van der Waals surface area contributed by atoms with E-state index in [4.69, 9.17) is 4.74 Å². The molecule has 222 valence electrons. The summed E-state index contributed by atoms with van der Waals surface area (Å²) < 4.78 is 18.5. The smallest absolute Gasteiger partial charge is 0.338 e. The number of carbonyl (C=O) groups is 4. The van der Waals surface area contributed by atoms with Crippen molar-refractivity contribution in [3.63, 3.8) is 0 Å². The fourth-order valence-electron chi connectivity index (χ4n) is 5.64. The number of imide groups is 1. The number of hydrogen-bond donors (Lipinski definition) is 0. The SMILES string of the molecule is O=C(COC(=O)c1ccc(N2C(=O)CC(N3CCN(c4ccc(F)cc4)CC3)C2=O)cc1)c1ccc(-c2ccccc2)cc1. The van der Waals surface area contributed by atoms with Crippen LogP contribution in [0, 0.1) is 5.82 Å². The molecule has 4 aromatic carbocycles. The highest BCUT2D eigenvalue weighted by Gasteiger charge is 2.43. The van der Waals surface area contributed by atoms with Crippen LogP contribution < -0.4 is 9.80 Å². The molecule has 0 saturated carbocycles. The first-order valence-corrected chi connectivity index (χ1v) is 14.4. The van der Waals surface area contributed by atoms with Crippen LogP contribution in [0.5, 0.6) is 0 Å². The first-order chi connectivity index (χ1) is 21.4. The Morgan fingerprint density at radius 3 is 1.95 bits per heavy atom. The van der Waals surface area contributed by atoms with Crippen LogP contribution in [0.2, 0.25) is 0 Å². The van der Waals surface area contributed by atoms with Gasteiger partial charge in [0.1, 0.15) is 5.82 Å². The number of ether oxygens (including phenoxy) is 1. The van der Waals surface area contributed by atoms with Crippen molar-refractivity contribution in [3.8, 4) is 11.1 Å². The van der Waals surface area contributed by atoms with Gasteiger partial charge in [0.15, 0.2) is 12.4 Å². The number of Topliss-reactive ketones (excluding diaryl/α,β-unsaturated/α-hetero) is 1.